The van der Waals surface area contributed by atoms with Gasteiger partial charge in [-0.3, -0.25) is 0 Å². The molecular weight excluding hydrogens is 270 g/mol. The van der Waals surface area contributed by atoms with E-state index in [2.05, 4.69) is 0 Å². The van der Waals surface area contributed by atoms with Gasteiger partial charge in [0.1, 0.15) is 17.5 Å². The predicted octanol–water partition coefficient (Wildman–Crippen LogP) is 4.79. The molecule has 0 spiro atoms. The molecule has 0 saturated heterocycles. The van der Waals surface area contributed by atoms with Gasteiger partial charge in [0.15, 0.2) is 0 Å². The summed E-state index contributed by atoms with van der Waals surface area (Å²) < 4.78 is 78.1. The van der Waals surface area contributed by atoms with E-state index in [0.29, 0.717) is 18.2 Å². The summed E-state index contributed by atoms with van der Waals surface area (Å²) in [6, 6.07) is 4.63. The molecule has 0 aliphatic carbocycles. The van der Waals surface area contributed by atoms with Crippen molar-refractivity contribution in [2.45, 2.75) is 6.18 Å². The van der Waals surface area contributed by atoms with Gasteiger partial charge in [0.05, 0.1) is 11.1 Å². The van der Waals surface area contributed by atoms with Crippen LogP contribution in [0.2, 0.25) is 0 Å². The van der Waals surface area contributed by atoms with Gasteiger partial charge in [-0.05, 0) is 11.6 Å². The second-order valence-electron chi connectivity index (χ2n) is 3.79. The smallest absolute Gasteiger partial charge is 0.207 e. The van der Waals surface area contributed by atoms with Crippen LogP contribution in [0.4, 0.5) is 26.3 Å². The Morgan fingerprint density at radius 1 is 0.789 bits per heavy atom. The van der Waals surface area contributed by atoms with Crippen molar-refractivity contribution in [3.63, 3.8) is 0 Å². The fourth-order valence-electron chi connectivity index (χ4n) is 1.75. The Labute approximate surface area is 104 Å². The third-order valence-corrected chi connectivity index (χ3v) is 2.51. The van der Waals surface area contributed by atoms with Crippen LogP contribution < -0.4 is 0 Å². The van der Waals surface area contributed by atoms with E-state index in [9.17, 15) is 26.3 Å². The van der Waals surface area contributed by atoms with Crippen LogP contribution in [0.3, 0.4) is 0 Å². The van der Waals surface area contributed by atoms with Crippen molar-refractivity contribution in [1.29, 1.82) is 0 Å². The Hall–Kier alpha value is -1.98. The van der Waals surface area contributed by atoms with Gasteiger partial charge >= 0.3 is 6.18 Å². The van der Waals surface area contributed by atoms with E-state index < -0.39 is 40.3 Å². The van der Waals surface area contributed by atoms with Crippen LogP contribution in [0.5, 0.6) is 0 Å². The lowest BCUT2D eigenvalue weighted by atomic mass is 9.98. The van der Waals surface area contributed by atoms with E-state index in [1.54, 1.807) is 0 Å². The van der Waals surface area contributed by atoms with Crippen LogP contribution in [0.25, 0.3) is 11.1 Å². The maximum Gasteiger partial charge on any atom is 0.417 e. The molecule has 0 heterocycles. The Morgan fingerprint density at radius 2 is 1.32 bits per heavy atom. The van der Waals surface area contributed by atoms with Gasteiger partial charge in [-0.1, -0.05) is 18.2 Å². The summed E-state index contributed by atoms with van der Waals surface area (Å²) in [7, 11) is 0. The Bertz CT molecular complexity index is 592. The summed E-state index contributed by atoms with van der Waals surface area (Å²) in [6.45, 7) is 0. The summed E-state index contributed by atoms with van der Waals surface area (Å²) in [6.07, 6.45) is -4.76. The number of rotatable bonds is 1. The largest absolute Gasteiger partial charge is 0.417 e. The summed E-state index contributed by atoms with van der Waals surface area (Å²) in [5.74, 6) is -3.95. The van der Waals surface area contributed by atoms with E-state index in [4.69, 9.17) is 0 Å². The minimum Gasteiger partial charge on any atom is -0.207 e. The highest BCUT2D eigenvalue weighted by Crippen LogP contribution is 2.38. The van der Waals surface area contributed by atoms with E-state index in [1.165, 1.54) is 6.07 Å². The van der Waals surface area contributed by atoms with Gasteiger partial charge in [0, 0.05) is 12.1 Å². The third kappa shape index (κ3) is 2.57. The van der Waals surface area contributed by atoms with Gasteiger partial charge < -0.3 is 0 Å². The molecular formula is C13H6F6. The lowest BCUT2D eigenvalue weighted by molar-refractivity contribution is -0.137. The van der Waals surface area contributed by atoms with Crippen molar-refractivity contribution in [2.24, 2.45) is 0 Å². The summed E-state index contributed by atoms with van der Waals surface area (Å²) in [4.78, 5) is 0. The van der Waals surface area contributed by atoms with Crippen molar-refractivity contribution in [3.05, 3.63) is 59.4 Å². The topological polar surface area (TPSA) is 0 Å². The second kappa shape index (κ2) is 4.60. The van der Waals surface area contributed by atoms with Crippen molar-refractivity contribution < 1.29 is 26.3 Å². The standard InChI is InChI=1S/C13H6F6/c14-7-5-10(15)12(11(16)6-7)8-3-1-2-4-9(8)13(17,18)19/h1-6H. The summed E-state index contributed by atoms with van der Waals surface area (Å²) in [5.41, 5.74) is -2.74. The monoisotopic (exact) mass is 276 g/mol. The normalized spacial score (nSPS) is 11.7. The molecule has 0 nitrogen and oxygen atoms in total. The molecule has 0 saturated carbocycles. The molecule has 0 fully saturated rings. The SMILES string of the molecule is Fc1cc(F)c(-c2ccccc2C(F)(F)F)c(F)c1. The molecule has 6 heteroatoms. The number of hydrogen-bond acceptors (Lipinski definition) is 0. The van der Waals surface area contributed by atoms with E-state index in [0.717, 1.165) is 12.1 Å². The Balaban J connectivity index is 2.74. The van der Waals surface area contributed by atoms with Crippen LogP contribution in [0, 0.1) is 17.5 Å². The number of halogens is 6. The molecule has 0 aromatic heterocycles. The van der Waals surface area contributed by atoms with Crippen LogP contribution in [-0.2, 0) is 6.18 Å². The van der Waals surface area contributed by atoms with Crippen LogP contribution in [0.15, 0.2) is 36.4 Å². The first-order chi connectivity index (χ1) is 8.80. The van der Waals surface area contributed by atoms with Crippen molar-refractivity contribution in [3.8, 4) is 11.1 Å². The zero-order chi connectivity index (χ0) is 14.2. The summed E-state index contributed by atoms with van der Waals surface area (Å²) in [5, 5.41) is 0. The molecule has 2 aromatic rings. The number of hydrogen-bond donors (Lipinski definition) is 0. The van der Waals surface area contributed by atoms with Gasteiger partial charge in [-0.15, -0.1) is 0 Å². The highest BCUT2D eigenvalue weighted by Gasteiger charge is 2.34. The minimum atomic E-state index is -4.76. The lowest BCUT2D eigenvalue weighted by Gasteiger charge is -2.13. The lowest BCUT2D eigenvalue weighted by Crippen LogP contribution is -2.08. The second-order valence-corrected chi connectivity index (χ2v) is 3.79. The van der Waals surface area contributed by atoms with Crippen LogP contribution in [-0.4, -0.2) is 0 Å². The van der Waals surface area contributed by atoms with Gasteiger partial charge in [-0.25, -0.2) is 13.2 Å². The third-order valence-electron chi connectivity index (χ3n) is 2.51. The maximum absolute atomic E-state index is 13.5. The molecule has 19 heavy (non-hydrogen) atoms. The fraction of sp³-hybridized carbons (Fsp3) is 0.0769. The van der Waals surface area contributed by atoms with Gasteiger partial charge in [-0.2, -0.15) is 13.2 Å². The average molecular weight is 276 g/mol. The quantitative estimate of drug-likeness (QED) is 0.657. The first-order valence-electron chi connectivity index (χ1n) is 5.12. The minimum absolute atomic E-state index is 0.339. The van der Waals surface area contributed by atoms with Crippen molar-refractivity contribution >= 4 is 0 Å². The van der Waals surface area contributed by atoms with Gasteiger partial charge in [0.25, 0.3) is 0 Å². The maximum atomic E-state index is 13.5. The van der Waals surface area contributed by atoms with Crippen LogP contribution >= 0.6 is 0 Å². The Kier molecular flexibility index (Phi) is 3.26. The molecule has 2 rings (SSSR count). The predicted molar refractivity (Wildman–Crippen MR) is 56.8 cm³/mol. The van der Waals surface area contributed by atoms with Gasteiger partial charge in [0.2, 0.25) is 0 Å². The van der Waals surface area contributed by atoms with Crippen molar-refractivity contribution in [2.75, 3.05) is 0 Å². The first-order valence-corrected chi connectivity index (χ1v) is 5.12. The highest BCUT2D eigenvalue weighted by molar-refractivity contribution is 5.69. The Morgan fingerprint density at radius 3 is 1.84 bits per heavy atom. The fourth-order valence-corrected chi connectivity index (χ4v) is 1.75. The average Bonchev–Trinajstić information content (AvgIpc) is 2.26. The molecule has 0 N–H and O–H groups in total. The zero-order valence-electron chi connectivity index (χ0n) is 9.23. The molecule has 0 radical (unpaired) electrons. The van der Waals surface area contributed by atoms with Crippen LogP contribution in [0.1, 0.15) is 5.56 Å². The number of benzene rings is 2. The molecule has 0 aliphatic rings. The molecule has 2 aromatic carbocycles. The van der Waals surface area contributed by atoms with E-state index >= 15 is 0 Å². The van der Waals surface area contributed by atoms with E-state index in [-0.39, 0.29) is 0 Å². The molecule has 0 bridgehead atoms. The molecule has 0 unspecified atom stereocenters. The molecule has 0 aliphatic heterocycles. The first kappa shape index (κ1) is 13.5. The summed E-state index contributed by atoms with van der Waals surface area (Å²) >= 11 is 0. The highest BCUT2D eigenvalue weighted by atomic mass is 19.4. The number of alkyl halides is 3. The molecule has 0 atom stereocenters. The molecule has 0 amide bonds. The zero-order valence-corrected chi connectivity index (χ0v) is 9.23. The van der Waals surface area contributed by atoms with Crippen molar-refractivity contribution in [1.82, 2.24) is 0 Å². The van der Waals surface area contributed by atoms with E-state index in [1.807, 2.05) is 0 Å². The molecule has 100 valence electrons.